The first-order valence-electron chi connectivity index (χ1n) is 5.70. The molecular weight excluding hydrogens is 286 g/mol. The van der Waals surface area contributed by atoms with E-state index < -0.39 is 48.2 Å². The van der Waals surface area contributed by atoms with E-state index in [1.54, 1.807) is 0 Å². The third-order valence-electron chi connectivity index (χ3n) is 2.81. The average molecular weight is 297 g/mol. The van der Waals surface area contributed by atoms with Gasteiger partial charge in [-0.2, -0.15) is 0 Å². The lowest BCUT2D eigenvalue weighted by Gasteiger charge is -2.31. The molecule has 1 aliphatic rings. The fraction of sp³-hybridized carbons (Fsp3) is 0.455. The van der Waals surface area contributed by atoms with Crippen molar-refractivity contribution in [2.75, 3.05) is 14.1 Å². The number of carbonyl (C=O) groups excluding carboxylic acids is 5. The van der Waals surface area contributed by atoms with E-state index >= 15 is 0 Å². The van der Waals surface area contributed by atoms with Gasteiger partial charge in [-0.1, -0.05) is 0 Å². The number of aliphatic carboxylic acids is 2. The van der Waals surface area contributed by atoms with E-state index in [1.165, 1.54) is 0 Å². The number of rotatable bonds is 5. The molecule has 0 aromatic heterocycles. The van der Waals surface area contributed by atoms with Crippen molar-refractivity contribution in [1.82, 2.24) is 9.80 Å². The zero-order valence-electron chi connectivity index (χ0n) is 11.1. The minimum atomic E-state index is -1.79. The number of urea groups is 1. The van der Waals surface area contributed by atoms with Gasteiger partial charge in [0.05, 0.1) is 12.0 Å². The molecule has 1 atom stereocenters. The second-order valence-corrected chi connectivity index (χ2v) is 4.26. The monoisotopic (exact) mass is 297 g/mol. The summed E-state index contributed by atoms with van der Waals surface area (Å²) in [6.07, 6.45) is -0.258. The number of carboxylic acid groups (broad SMARTS) is 2. The van der Waals surface area contributed by atoms with Crippen LogP contribution < -0.4 is 10.2 Å². The molecule has 1 heterocycles. The summed E-state index contributed by atoms with van der Waals surface area (Å²) in [5.41, 5.74) is 0. The summed E-state index contributed by atoms with van der Waals surface area (Å²) in [4.78, 5) is 60.8. The Bertz CT molecular complexity index is 518. The van der Waals surface area contributed by atoms with Gasteiger partial charge in [-0.05, 0) is 0 Å². The molecule has 1 aliphatic heterocycles. The molecular formula is C11H11N3O7-2. The van der Waals surface area contributed by atoms with E-state index in [0.29, 0.717) is 16.0 Å². The number of barbiturate groups is 1. The number of imide groups is 2. The van der Waals surface area contributed by atoms with Crippen LogP contribution in [0.25, 0.3) is 0 Å². The molecule has 114 valence electrons. The quantitative estimate of drug-likeness (QED) is 0.370. The SMILES string of the molecule is CN1C(=O)C(C=N[C@H](CC(=O)[O-])C(=O)[O-])C(=O)N(C)C1=O. The molecule has 0 aliphatic carbocycles. The Morgan fingerprint density at radius 1 is 1.19 bits per heavy atom. The van der Waals surface area contributed by atoms with Gasteiger partial charge in [0, 0.05) is 32.7 Å². The van der Waals surface area contributed by atoms with Crippen LogP contribution in [-0.4, -0.2) is 65.9 Å². The first-order chi connectivity index (χ1) is 9.66. The van der Waals surface area contributed by atoms with E-state index in [4.69, 9.17) is 0 Å². The van der Waals surface area contributed by atoms with Gasteiger partial charge in [0.25, 0.3) is 0 Å². The van der Waals surface area contributed by atoms with E-state index in [2.05, 4.69) is 4.99 Å². The number of carboxylic acids is 2. The van der Waals surface area contributed by atoms with Crippen LogP contribution in [-0.2, 0) is 19.2 Å². The van der Waals surface area contributed by atoms with Crippen LogP contribution in [0.15, 0.2) is 4.99 Å². The van der Waals surface area contributed by atoms with E-state index in [0.717, 1.165) is 14.1 Å². The Hall–Kier alpha value is -2.78. The van der Waals surface area contributed by atoms with Crippen molar-refractivity contribution in [3.8, 4) is 0 Å². The van der Waals surface area contributed by atoms with Gasteiger partial charge < -0.3 is 19.8 Å². The standard InChI is InChI=1S/C11H13N3O7/c1-13-8(17)5(9(18)14(2)11(13)21)4-12-6(10(19)20)3-7(15)16/h4-6H,3H2,1-2H3,(H,15,16)(H,19,20)/p-2/t6-/m1/s1. The van der Waals surface area contributed by atoms with Crippen molar-refractivity contribution in [2.45, 2.75) is 12.5 Å². The molecule has 0 bridgehead atoms. The first-order valence-corrected chi connectivity index (χ1v) is 5.70. The Morgan fingerprint density at radius 2 is 1.67 bits per heavy atom. The highest BCUT2D eigenvalue weighted by molar-refractivity contribution is 6.23. The average Bonchev–Trinajstić information content (AvgIpc) is 2.41. The molecule has 1 saturated heterocycles. The predicted octanol–water partition coefficient (Wildman–Crippen LogP) is -4.02. The van der Waals surface area contributed by atoms with Crippen LogP contribution in [0.3, 0.4) is 0 Å². The van der Waals surface area contributed by atoms with Crippen molar-refractivity contribution in [2.24, 2.45) is 10.9 Å². The van der Waals surface area contributed by atoms with Crippen LogP contribution in [0.5, 0.6) is 0 Å². The Kier molecular flexibility index (Phi) is 4.74. The molecule has 0 aromatic rings. The van der Waals surface area contributed by atoms with Crippen LogP contribution >= 0.6 is 0 Å². The summed E-state index contributed by atoms with van der Waals surface area (Å²) in [5, 5.41) is 21.1. The molecule has 0 N–H and O–H groups in total. The fourth-order valence-electron chi connectivity index (χ4n) is 1.61. The number of aliphatic imine (C=N–C) groups is 1. The van der Waals surface area contributed by atoms with Crippen molar-refractivity contribution < 1.29 is 34.2 Å². The van der Waals surface area contributed by atoms with Gasteiger partial charge >= 0.3 is 6.03 Å². The zero-order chi connectivity index (χ0) is 16.3. The van der Waals surface area contributed by atoms with Crippen LogP contribution in [0.4, 0.5) is 4.79 Å². The zero-order valence-corrected chi connectivity index (χ0v) is 11.1. The molecule has 4 amide bonds. The van der Waals surface area contributed by atoms with Gasteiger partial charge in [0.15, 0.2) is 5.92 Å². The molecule has 1 rings (SSSR count). The topological polar surface area (TPSA) is 150 Å². The molecule has 1 fully saturated rings. The first kappa shape index (κ1) is 16.3. The summed E-state index contributed by atoms with van der Waals surface area (Å²) >= 11 is 0. The van der Waals surface area contributed by atoms with E-state index in [9.17, 15) is 34.2 Å². The van der Waals surface area contributed by atoms with Crippen LogP contribution in [0, 0.1) is 5.92 Å². The van der Waals surface area contributed by atoms with Gasteiger partial charge in [0.1, 0.15) is 0 Å². The van der Waals surface area contributed by atoms with E-state index in [-0.39, 0.29) is 0 Å². The van der Waals surface area contributed by atoms with Crippen molar-refractivity contribution >= 4 is 36.0 Å². The highest BCUT2D eigenvalue weighted by Crippen LogP contribution is 2.14. The van der Waals surface area contributed by atoms with Gasteiger partial charge in [-0.3, -0.25) is 24.4 Å². The molecule has 0 unspecified atom stereocenters. The van der Waals surface area contributed by atoms with Crippen molar-refractivity contribution in [3.63, 3.8) is 0 Å². The largest absolute Gasteiger partial charge is 0.550 e. The molecule has 0 aromatic carbocycles. The Balaban J connectivity index is 2.98. The fourth-order valence-corrected chi connectivity index (χ4v) is 1.61. The second-order valence-electron chi connectivity index (χ2n) is 4.26. The lowest BCUT2D eigenvalue weighted by Crippen LogP contribution is -2.57. The number of amides is 4. The number of carbonyl (C=O) groups is 5. The van der Waals surface area contributed by atoms with Crippen molar-refractivity contribution in [3.05, 3.63) is 0 Å². The van der Waals surface area contributed by atoms with Crippen molar-refractivity contribution in [1.29, 1.82) is 0 Å². The van der Waals surface area contributed by atoms with Crippen LogP contribution in [0.1, 0.15) is 6.42 Å². The second kappa shape index (κ2) is 6.11. The minimum absolute atomic E-state index is 0.671. The molecule has 0 radical (unpaired) electrons. The summed E-state index contributed by atoms with van der Waals surface area (Å²) < 4.78 is 0. The Morgan fingerprint density at radius 3 is 2.05 bits per heavy atom. The van der Waals surface area contributed by atoms with Gasteiger partial charge in [-0.15, -0.1) is 0 Å². The lowest BCUT2D eigenvalue weighted by atomic mass is 10.1. The number of hydrogen-bond donors (Lipinski definition) is 0. The number of hydrogen-bond acceptors (Lipinski definition) is 8. The third kappa shape index (κ3) is 3.41. The summed E-state index contributed by atoms with van der Waals surface area (Å²) in [7, 11) is 2.29. The summed E-state index contributed by atoms with van der Waals surface area (Å²) in [6.45, 7) is 0. The highest BCUT2D eigenvalue weighted by Gasteiger charge is 2.41. The minimum Gasteiger partial charge on any atom is -0.550 e. The third-order valence-corrected chi connectivity index (χ3v) is 2.81. The lowest BCUT2D eigenvalue weighted by molar-refractivity contribution is -0.316. The Labute approximate surface area is 118 Å². The molecule has 10 heteroatoms. The summed E-state index contributed by atoms with van der Waals surface area (Å²) in [6, 6.07) is -2.62. The normalized spacial score (nSPS) is 18.5. The van der Waals surface area contributed by atoms with Crippen LogP contribution in [0.2, 0.25) is 0 Å². The molecule has 0 spiro atoms. The van der Waals surface area contributed by atoms with Gasteiger partial charge in [0.2, 0.25) is 11.8 Å². The maximum atomic E-state index is 11.8. The van der Waals surface area contributed by atoms with Gasteiger partial charge in [-0.25, -0.2) is 4.79 Å². The smallest absolute Gasteiger partial charge is 0.332 e. The predicted molar refractivity (Wildman–Crippen MR) is 61.3 cm³/mol. The highest BCUT2D eigenvalue weighted by atomic mass is 16.4. The summed E-state index contributed by atoms with van der Waals surface area (Å²) in [5.74, 6) is -6.74. The maximum absolute atomic E-state index is 11.8. The molecule has 10 nitrogen and oxygen atoms in total. The number of nitrogens with zero attached hydrogens (tertiary/aromatic N) is 3. The molecule has 0 saturated carbocycles. The maximum Gasteiger partial charge on any atom is 0.332 e. The molecule has 21 heavy (non-hydrogen) atoms. The van der Waals surface area contributed by atoms with E-state index in [1.807, 2.05) is 0 Å².